The zero-order valence-electron chi connectivity index (χ0n) is 32.4. The fraction of sp³-hybridized carbons (Fsp3) is 0.683. The van der Waals surface area contributed by atoms with Crippen LogP contribution in [0.3, 0.4) is 0 Å². The van der Waals surface area contributed by atoms with Crippen molar-refractivity contribution < 1.29 is 47.4 Å². The van der Waals surface area contributed by atoms with Gasteiger partial charge in [0.05, 0.1) is 10.6 Å². The summed E-state index contributed by atoms with van der Waals surface area (Å²) in [6, 6.07) is 7.35. The molecule has 6 atom stereocenters. The molecule has 2 aromatic rings. The summed E-state index contributed by atoms with van der Waals surface area (Å²) in [6.45, 7) is 2.23. The minimum Gasteiger partial charge on any atom is -0.502 e. The SMILES string of the molecule is CC[C@@H]1C[C@]1(NC(=O)[C@@H]1CCCN1C(=O)[C@@H](NC(=O)O[C@H]1CCC[C@@H]1CCCCCc1c(O)cc2ccccc2[n+]1O)C1CCCC1)C(=O)NS(=O)(=O)C1CC1. The number of hydrogen-bond donors (Lipinski definition) is 5. The maximum absolute atomic E-state index is 14.3. The number of nitrogens with one attached hydrogen (secondary N) is 3. The third-order valence-corrected chi connectivity index (χ3v) is 15.0. The molecule has 0 bridgehead atoms. The summed E-state index contributed by atoms with van der Waals surface area (Å²) in [4.78, 5) is 56.5. The van der Waals surface area contributed by atoms with Crippen molar-refractivity contribution in [2.75, 3.05) is 6.54 Å². The van der Waals surface area contributed by atoms with Crippen molar-refractivity contribution in [3.8, 4) is 5.75 Å². The number of amides is 4. The first-order valence-electron chi connectivity index (χ1n) is 20.9. The number of pyridine rings is 1. The van der Waals surface area contributed by atoms with Crippen molar-refractivity contribution in [3.05, 3.63) is 36.0 Å². The first-order chi connectivity index (χ1) is 26.9. The molecule has 1 aromatic heterocycles. The maximum atomic E-state index is 14.3. The summed E-state index contributed by atoms with van der Waals surface area (Å²) in [5.74, 6) is -1.53. The van der Waals surface area contributed by atoms with Gasteiger partial charge in [0.2, 0.25) is 21.8 Å². The lowest BCUT2D eigenvalue weighted by Gasteiger charge is -2.32. The first-order valence-corrected chi connectivity index (χ1v) is 22.5. The van der Waals surface area contributed by atoms with E-state index in [1.807, 2.05) is 31.2 Å². The molecule has 7 rings (SSSR count). The van der Waals surface area contributed by atoms with E-state index in [0.717, 1.165) is 80.7 Å². The van der Waals surface area contributed by atoms with Gasteiger partial charge in [-0.3, -0.25) is 24.3 Å². The van der Waals surface area contributed by atoms with E-state index in [1.54, 1.807) is 6.07 Å². The number of alkyl carbamates (subject to hydrolysis) is 1. The Hall–Kier alpha value is -4.14. The van der Waals surface area contributed by atoms with Gasteiger partial charge in [-0.1, -0.05) is 51.2 Å². The number of fused-ring (bicyclic) bond motifs is 1. The predicted octanol–water partition coefficient (Wildman–Crippen LogP) is 4.51. The Labute approximate surface area is 329 Å². The van der Waals surface area contributed by atoms with Crippen LogP contribution >= 0.6 is 0 Å². The van der Waals surface area contributed by atoms with E-state index in [2.05, 4.69) is 15.4 Å². The summed E-state index contributed by atoms with van der Waals surface area (Å²) in [7, 11) is -3.79. The van der Waals surface area contributed by atoms with Gasteiger partial charge in [-0.15, -0.1) is 0 Å². The molecule has 0 unspecified atom stereocenters. The van der Waals surface area contributed by atoms with Gasteiger partial charge in [0.15, 0.2) is 5.75 Å². The molecule has 1 aromatic carbocycles. The number of rotatable bonds is 16. The molecule has 5 fully saturated rings. The van der Waals surface area contributed by atoms with E-state index in [0.29, 0.717) is 62.7 Å². The number of sulfonamides is 1. The van der Waals surface area contributed by atoms with Gasteiger partial charge >= 0.3 is 6.09 Å². The molecule has 306 valence electrons. The maximum Gasteiger partial charge on any atom is 0.408 e. The third-order valence-electron chi connectivity index (χ3n) is 13.1. The topological polar surface area (TPSA) is 195 Å². The molecule has 56 heavy (non-hydrogen) atoms. The lowest BCUT2D eigenvalue weighted by molar-refractivity contribution is -0.889. The zero-order chi connectivity index (χ0) is 39.6. The summed E-state index contributed by atoms with van der Waals surface area (Å²) < 4.78 is 34.5. The molecule has 1 saturated heterocycles. The lowest BCUT2D eigenvalue weighted by atomic mass is 9.96. The number of hydrogen-bond acceptors (Lipinski definition) is 9. The van der Waals surface area contributed by atoms with Crippen molar-refractivity contribution in [2.24, 2.45) is 17.8 Å². The fourth-order valence-electron chi connectivity index (χ4n) is 9.63. The second-order valence-corrected chi connectivity index (χ2v) is 18.8. The molecule has 5 aliphatic rings. The third kappa shape index (κ3) is 8.57. The highest BCUT2D eigenvalue weighted by Gasteiger charge is 2.62. The number of carbonyl (C=O) groups is 4. The van der Waals surface area contributed by atoms with E-state index < -0.39 is 50.8 Å². The summed E-state index contributed by atoms with van der Waals surface area (Å²) >= 11 is 0. The van der Waals surface area contributed by atoms with Gasteiger partial charge in [0.25, 0.3) is 17.1 Å². The minimum absolute atomic E-state index is 0.0686. The zero-order valence-corrected chi connectivity index (χ0v) is 33.2. The predicted molar refractivity (Wildman–Crippen MR) is 206 cm³/mol. The number of unbranched alkanes of at least 4 members (excludes halogenated alkanes) is 2. The highest BCUT2D eigenvalue weighted by Crippen LogP contribution is 2.47. The van der Waals surface area contributed by atoms with Crippen LogP contribution in [0.4, 0.5) is 4.79 Å². The molecule has 4 amide bonds. The number of aromatic nitrogens is 1. The summed E-state index contributed by atoms with van der Waals surface area (Å²) in [6.07, 6.45) is 12.1. The van der Waals surface area contributed by atoms with Crippen LogP contribution in [-0.2, 0) is 35.6 Å². The Balaban J connectivity index is 0.924. The molecular formula is C41H58N5O9S+. The Morgan fingerprint density at radius 3 is 2.48 bits per heavy atom. The second-order valence-electron chi connectivity index (χ2n) is 16.9. The van der Waals surface area contributed by atoms with Gasteiger partial charge in [0, 0.05) is 29.8 Å². The molecule has 4 saturated carbocycles. The molecular weight excluding hydrogens is 739 g/mol. The quantitative estimate of drug-likeness (QED) is 0.0923. The van der Waals surface area contributed by atoms with E-state index in [9.17, 15) is 37.9 Å². The molecule has 4 aliphatic carbocycles. The van der Waals surface area contributed by atoms with Crippen molar-refractivity contribution in [1.29, 1.82) is 0 Å². The number of benzene rings is 1. The van der Waals surface area contributed by atoms with Crippen LogP contribution in [0.25, 0.3) is 10.9 Å². The van der Waals surface area contributed by atoms with Crippen LogP contribution in [0.2, 0.25) is 0 Å². The number of aromatic hydroxyl groups is 1. The number of carbonyl (C=O) groups excluding carboxylic acids is 4. The smallest absolute Gasteiger partial charge is 0.408 e. The van der Waals surface area contributed by atoms with Crippen LogP contribution < -0.4 is 20.1 Å². The van der Waals surface area contributed by atoms with Crippen LogP contribution in [0.5, 0.6) is 5.75 Å². The molecule has 0 radical (unpaired) electrons. The molecule has 1 aliphatic heterocycles. The minimum atomic E-state index is -3.79. The monoisotopic (exact) mass is 796 g/mol. The standard InChI is InChI=1S/C41H57N5O9S/c1-2-29-25-41(29,39(50)44-56(53,54)30-21-22-30)43-37(48)33-19-11-23-45(33)38(49)36(27-13-6-7-14-27)42-40(51)55-35-20-10-16-26(35)12-4-3-5-18-32-34(47)24-28-15-8-9-17-31(28)46(32)52/h8-9,15,17,24,26-27,29-30,33,35-36H,2-7,10-14,16,18-23,25H2,1H3,(H4-,42,43,44,47,48,50,51,52)/p+1/t26-,29+,33-,35-,36-,41+/m0/s1. The molecule has 14 nitrogen and oxygen atoms in total. The van der Waals surface area contributed by atoms with Crippen molar-refractivity contribution in [2.45, 2.75) is 151 Å². The molecule has 2 heterocycles. The molecule has 15 heteroatoms. The average Bonchev–Trinajstić information content (AvgIpc) is 3.93. The van der Waals surface area contributed by atoms with E-state index >= 15 is 0 Å². The van der Waals surface area contributed by atoms with Crippen LogP contribution in [0, 0.1) is 17.8 Å². The van der Waals surface area contributed by atoms with Gasteiger partial charge in [-0.25, -0.2) is 13.2 Å². The largest absolute Gasteiger partial charge is 0.502 e. The highest BCUT2D eigenvalue weighted by molar-refractivity contribution is 7.91. The van der Waals surface area contributed by atoms with Gasteiger partial charge in [-0.05, 0) is 101 Å². The van der Waals surface area contributed by atoms with E-state index in [4.69, 9.17) is 4.74 Å². The second kappa shape index (κ2) is 16.8. The van der Waals surface area contributed by atoms with Crippen LogP contribution in [0.15, 0.2) is 30.3 Å². The van der Waals surface area contributed by atoms with Gasteiger partial charge in [-0.2, -0.15) is 0 Å². The molecule has 5 N–H and O–H groups in total. The van der Waals surface area contributed by atoms with Crippen molar-refractivity contribution in [3.63, 3.8) is 0 Å². The normalized spacial score (nSPS) is 26.9. The summed E-state index contributed by atoms with van der Waals surface area (Å²) in [5, 5.41) is 27.2. The Morgan fingerprint density at radius 1 is 0.982 bits per heavy atom. The molecule has 0 spiro atoms. The van der Waals surface area contributed by atoms with Crippen molar-refractivity contribution >= 4 is 44.7 Å². The lowest BCUT2D eigenvalue weighted by Crippen LogP contribution is -2.59. The Kier molecular flexibility index (Phi) is 12.0. The Bertz CT molecular complexity index is 1920. The highest BCUT2D eigenvalue weighted by atomic mass is 32.2. The summed E-state index contributed by atoms with van der Waals surface area (Å²) in [5.41, 5.74) is -0.196. The van der Waals surface area contributed by atoms with Crippen LogP contribution in [-0.4, -0.2) is 83.0 Å². The van der Waals surface area contributed by atoms with Gasteiger partial charge < -0.3 is 25.4 Å². The van der Waals surface area contributed by atoms with Crippen LogP contribution in [0.1, 0.15) is 122 Å². The van der Waals surface area contributed by atoms with Crippen molar-refractivity contribution in [1.82, 2.24) is 20.3 Å². The van der Waals surface area contributed by atoms with E-state index in [1.165, 1.54) is 4.90 Å². The first kappa shape index (κ1) is 40.1. The Morgan fingerprint density at radius 2 is 1.75 bits per heavy atom. The number of ether oxygens (including phenoxy) is 1. The number of likely N-dealkylation sites (tertiary alicyclic amines) is 1. The van der Waals surface area contributed by atoms with E-state index in [-0.39, 0.29) is 35.5 Å². The average molecular weight is 797 g/mol. The number of nitrogens with zero attached hydrogens (tertiary/aromatic N) is 2. The fourth-order valence-corrected chi connectivity index (χ4v) is 11.0. The van der Waals surface area contributed by atoms with Gasteiger partial charge in [0.1, 0.15) is 23.7 Å². The number of para-hydroxylation sites is 1.